The molecule has 1 aromatic rings. The SMILES string of the molecule is O=C(O)[C@H]1[C@@H]2C=C[C@H]([C@H]3C[C@H]23)[C@@H]1C(=O)Nc1cccc(Cl)c1Cl. The van der Waals surface area contributed by atoms with Crippen LogP contribution < -0.4 is 5.32 Å². The molecule has 6 atom stereocenters. The van der Waals surface area contributed by atoms with Crippen molar-refractivity contribution < 1.29 is 14.7 Å². The van der Waals surface area contributed by atoms with E-state index in [1.165, 1.54) is 0 Å². The fourth-order valence-corrected chi connectivity index (χ4v) is 4.73. The minimum atomic E-state index is -0.896. The number of allylic oxidation sites excluding steroid dienone is 2. The lowest BCUT2D eigenvalue weighted by Gasteiger charge is -2.41. The molecule has 1 amide bonds. The van der Waals surface area contributed by atoms with Crippen LogP contribution in [0.15, 0.2) is 30.4 Å². The number of aliphatic carboxylic acids is 1. The molecule has 0 spiro atoms. The molecular weight excluding hydrogens is 337 g/mol. The molecule has 0 saturated heterocycles. The van der Waals surface area contributed by atoms with Crippen molar-refractivity contribution in [3.8, 4) is 0 Å². The molecule has 4 nitrogen and oxygen atoms in total. The Morgan fingerprint density at radius 1 is 1.09 bits per heavy atom. The van der Waals surface area contributed by atoms with E-state index in [2.05, 4.69) is 5.32 Å². The van der Waals surface area contributed by atoms with Crippen LogP contribution in [0.2, 0.25) is 10.0 Å². The third-order valence-corrected chi connectivity index (χ3v) is 6.27. The molecule has 120 valence electrons. The van der Waals surface area contributed by atoms with Gasteiger partial charge in [-0.2, -0.15) is 0 Å². The summed E-state index contributed by atoms with van der Waals surface area (Å²) in [4.78, 5) is 24.5. The summed E-state index contributed by atoms with van der Waals surface area (Å²) in [5.74, 6) is -1.54. The van der Waals surface area contributed by atoms with Gasteiger partial charge in [0.05, 0.1) is 27.6 Å². The van der Waals surface area contributed by atoms with Crippen LogP contribution in [0, 0.1) is 35.5 Å². The molecule has 0 radical (unpaired) electrons. The first-order valence-corrected chi connectivity index (χ1v) is 8.40. The third kappa shape index (κ3) is 2.27. The molecule has 2 bridgehead atoms. The zero-order chi connectivity index (χ0) is 16.3. The summed E-state index contributed by atoms with van der Waals surface area (Å²) in [6, 6.07) is 5.00. The first kappa shape index (κ1) is 15.0. The van der Waals surface area contributed by atoms with Gasteiger partial charge in [0, 0.05) is 0 Å². The number of carboxylic acids is 1. The van der Waals surface area contributed by atoms with Crippen LogP contribution in [0.3, 0.4) is 0 Å². The van der Waals surface area contributed by atoms with Crippen LogP contribution in [0.4, 0.5) is 5.69 Å². The number of nitrogens with one attached hydrogen (secondary N) is 1. The molecule has 23 heavy (non-hydrogen) atoms. The van der Waals surface area contributed by atoms with Crippen LogP contribution in [-0.4, -0.2) is 17.0 Å². The van der Waals surface area contributed by atoms with Gasteiger partial charge >= 0.3 is 5.97 Å². The number of amides is 1. The summed E-state index contributed by atoms with van der Waals surface area (Å²) >= 11 is 12.1. The van der Waals surface area contributed by atoms with Crippen LogP contribution in [0.1, 0.15) is 6.42 Å². The predicted molar refractivity (Wildman–Crippen MR) is 87.4 cm³/mol. The number of hydrogen-bond donors (Lipinski definition) is 2. The number of hydrogen-bond acceptors (Lipinski definition) is 2. The molecule has 5 rings (SSSR count). The fraction of sp³-hybridized carbons (Fsp3) is 0.412. The fourth-order valence-electron chi connectivity index (χ4n) is 4.39. The molecule has 0 heterocycles. The molecule has 2 N–H and O–H groups in total. The van der Waals surface area contributed by atoms with E-state index in [0.29, 0.717) is 22.5 Å². The van der Waals surface area contributed by atoms with Crippen molar-refractivity contribution in [2.24, 2.45) is 35.5 Å². The van der Waals surface area contributed by atoms with E-state index in [9.17, 15) is 14.7 Å². The van der Waals surface area contributed by atoms with E-state index in [4.69, 9.17) is 23.2 Å². The zero-order valence-electron chi connectivity index (χ0n) is 12.1. The number of halogens is 2. The molecule has 2 fully saturated rings. The summed E-state index contributed by atoms with van der Waals surface area (Å²) in [5.41, 5.74) is 0.422. The highest BCUT2D eigenvalue weighted by molar-refractivity contribution is 6.44. The molecule has 0 aromatic heterocycles. The molecule has 4 aliphatic rings. The topological polar surface area (TPSA) is 66.4 Å². The maximum atomic E-state index is 12.8. The molecule has 2 saturated carbocycles. The minimum Gasteiger partial charge on any atom is -0.481 e. The average Bonchev–Trinajstić information content (AvgIpc) is 3.33. The van der Waals surface area contributed by atoms with E-state index in [0.717, 1.165) is 6.42 Å². The summed E-state index contributed by atoms with van der Waals surface area (Å²) in [7, 11) is 0. The van der Waals surface area contributed by atoms with E-state index in [1.807, 2.05) is 12.2 Å². The smallest absolute Gasteiger partial charge is 0.307 e. The van der Waals surface area contributed by atoms with Crippen molar-refractivity contribution in [1.82, 2.24) is 0 Å². The van der Waals surface area contributed by atoms with Gasteiger partial charge in [0.25, 0.3) is 0 Å². The average molecular weight is 352 g/mol. The third-order valence-electron chi connectivity index (χ3n) is 5.45. The zero-order valence-corrected chi connectivity index (χ0v) is 13.6. The molecular formula is C17H15Cl2NO3. The lowest BCUT2D eigenvalue weighted by molar-refractivity contribution is -0.152. The number of rotatable bonds is 3. The van der Waals surface area contributed by atoms with Crippen molar-refractivity contribution in [2.75, 3.05) is 5.32 Å². The van der Waals surface area contributed by atoms with Crippen molar-refractivity contribution in [1.29, 1.82) is 0 Å². The highest BCUT2D eigenvalue weighted by Gasteiger charge is 2.62. The van der Waals surface area contributed by atoms with Gasteiger partial charge in [0.2, 0.25) is 5.91 Å². The maximum absolute atomic E-state index is 12.8. The maximum Gasteiger partial charge on any atom is 0.307 e. The molecule has 0 unspecified atom stereocenters. The van der Waals surface area contributed by atoms with Gasteiger partial charge in [-0.15, -0.1) is 0 Å². The van der Waals surface area contributed by atoms with Crippen LogP contribution in [0.25, 0.3) is 0 Å². The van der Waals surface area contributed by atoms with Gasteiger partial charge in [-0.05, 0) is 42.2 Å². The molecule has 1 aromatic carbocycles. The summed E-state index contributed by atoms with van der Waals surface area (Å²) in [5, 5.41) is 13.0. The van der Waals surface area contributed by atoms with Crippen molar-refractivity contribution >= 4 is 40.8 Å². The highest BCUT2D eigenvalue weighted by Crippen LogP contribution is 2.63. The van der Waals surface area contributed by atoms with Gasteiger partial charge < -0.3 is 10.4 Å². The standard InChI is InChI=1S/C17H15Cl2NO3/c18-11-2-1-3-12(15(11)19)20-16(21)13-7-4-5-8(10-6-9(7)10)14(13)17(22)23/h1-5,7-10,13-14H,6H2,(H,20,21)(H,22,23)/t7-,8-,9-,10-,13+,14+/m1/s1. The summed E-state index contributed by atoms with van der Waals surface area (Å²) < 4.78 is 0. The number of fused-ring (bicyclic) bond motifs is 1. The van der Waals surface area contributed by atoms with E-state index < -0.39 is 17.8 Å². The number of carboxylic acid groups (broad SMARTS) is 1. The lowest BCUT2D eigenvalue weighted by Crippen LogP contribution is -2.48. The monoisotopic (exact) mass is 351 g/mol. The van der Waals surface area contributed by atoms with Gasteiger partial charge in [0.1, 0.15) is 0 Å². The number of carbonyl (C=O) groups excluding carboxylic acids is 1. The minimum absolute atomic E-state index is 0.00376. The molecule has 4 aliphatic carbocycles. The summed E-state index contributed by atoms with van der Waals surface area (Å²) in [6.45, 7) is 0. The van der Waals surface area contributed by atoms with Gasteiger partial charge in [-0.1, -0.05) is 41.4 Å². The highest BCUT2D eigenvalue weighted by atomic mass is 35.5. The first-order chi connectivity index (χ1) is 11.0. The molecule has 0 aliphatic heterocycles. The Kier molecular flexibility index (Phi) is 3.43. The second-order valence-corrected chi connectivity index (χ2v) is 7.37. The Balaban J connectivity index is 1.63. The second kappa shape index (κ2) is 5.25. The Bertz CT molecular complexity index is 733. The Morgan fingerprint density at radius 2 is 1.74 bits per heavy atom. The number of anilines is 1. The van der Waals surface area contributed by atoms with Crippen molar-refractivity contribution in [3.05, 3.63) is 40.4 Å². The normalized spacial score (nSPS) is 36.4. The van der Waals surface area contributed by atoms with Crippen molar-refractivity contribution in [2.45, 2.75) is 6.42 Å². The number of benzene rings is 1. The lowest BCUT2D eigenvalue weighted by atomic mass is 9.62. The van der Waals surface area contributed by atoms with Gasteiger partial charge in [-0.3, -0.25) is 9.59 Å². The van der Waals surface area contributed by atoms with E-state index in [1.54, 1.807) is 18.2 Å². The largest absolute Gasteiger partial charge is 0.481 e. The van der Waals surface area contributed by atoms with E-state index >= 15 is 0 Å². The van der Waals surface area contributed by atoms with Crippen LogP contribution >= 0.6 is 23.2 Å². The van der Waals surface area contributed by atoms with E-state index in [-0.39, 0.29) is 22.8 Å². The Hall–Kier alpha value is -1.52. The Morgan fingerprint density at radius 3 is 2.39 bits per heavy atom. The first-order valence-electron chi connectivity index (χ1n) is 7.65. The van der Waals surface area contributed by atoms with Crippen LogP contribution in [0.5, 0.6) is 0 Å². The quantitative estimate of drug-likeness (QED) is 0.816. The predicted octanol–water partition coefficient (Wildman–Crippen LogP) is 3.70. The summed E-state index contributed by atoms with van der Waals surface area (Å²) in [6.07, 6.45) is 5.05. The number of carbonyl (C=O) groups is 2. The Labute approximate surface area is 143 Å². The van der Waals surface area contributed by atoms with Crippen molar-refractivity contribution in [3.63, 3.8) is 0 Å². The van der Waals surface area contributed by atoms with Gasteiger partial charge in [0.15, 0.2) is 0 Å². The van der Waals surface area contributed by atoms with Gasteiger partial charge in [-0.25, -0.2) is 0 Å². The molecule has 6 heteroatoms. The van der Waals surface area contributed by atoms with Crippen LogP contribution in [-0.2, 0) is 9.59 Å². The second-order valence-electron chi connectivity index (χ2n) is 6.58.